The number of benzene rings is 1. The molecule has 152 valence electrons. The van der Waals surface area contributed by atoms with Gasteiger partial charge < -0.3 is 20.8 Å². The quantitative estimate of drug-likeness (QED) is 0.538. The van der Waals surface area contributed by atoms with Crippen LogP contribution in [0.1, 0.15) is 12.8 Å². The summed E-state index contributed by atoms with van der Waals surface area (Å²) in [5, 5.41) is 26.3. The standard InChI is InChI=1S/C16H17Cl2N3O5S2/c17-10-4-1-5-11(13(10)18)19-16(24)20-12-8-27-15(14(12)23)28(25,26)21-6-2-3-9(21)7-22/h1,4-5,8-9,22-23H,2-3,6-7H2,(H2,19,20,24)/t9-/m1/s1. The highest BCUT2D eigenvalue weighted by Gasteiger charge is 2.38. The number of carbonyl (C=O) groups excluding carboxylic acids is 1. The van der Waals surface area contributed by atoms with Gasteiger partial charge in [0.05, 0.1) is 28.0 Å². The minimum absolute atomic E-state index is 0.0565. The molecule has 2 amide bonds. The molecule has 1 aliphatic heterocycles. The van der Waals surface area contributed by atoms with Crippen molar-refractivity contribution in [1.29, 1.82) is 0 Å². The van der Waals surface area contributed by atoms with Crippen LogP contribution in [0.5, 0.6) is 5.75 Å². The third kappa shape index (κ3) is 4.07. The number of amides is 2. The maximum Gasteiger partial charge on any atom is 0.323 e. The molecule has 0 unspecified atom stereocenters. The number of carbonyl (C=O) groups is 1. The van der Waals surface area contributed by atoms with E-state index >= 15 is 0 Å². The normalized spacial score (nSPS) is 17.6. The number of sulfonamides is 1. The lowest BCUT2D eigenvalue weighted by atomic mass is 10.2. The molecule has 1 aliphatic rings. The first kappa shape index (κ1) is 21.2. The summed E-state index contributed by atoms with van der Waals surface area (Å²) in [4.78, 5) is 12.2. The van der Waals surface area contributed by atoms with Crippen molar-refractivity contribution in [3.8, 4) is 5.75 Å². The molecule has 0 spiro atoms. The molecule has 8 nitrogen and oxygen atoms in total. The van der Waals surface area contributed by atoms with Gasteiger partial charge in [-0.2, -0.15) is 4.31 Å². The van der Waals surface area contributed by atoms with Gasteiger partial charge in [0, 0.05) is 18.0 Å². The number of aromatic hydroxyl groups is 1. The molecule has 1 aromatic carbocycles. The van der Waals surface area contributed by atoms with Crippen LogP contribution < -0.4 is 10.6 Å². The lowest BCUT2D eigenvalue weighted by Gasteiger charge is -2.21. The van der Waals surface area contributed by atoms with E-state index < -0.39 is 27.8 Å². The van der Waals surface area contributed by atoms with Gasteiger partial charge in [-0.25, -0.2) is 13.2 Å². The smallest absolute Gasteiger partial charge is 0.323 e. The molecule has 28 heavy (non-hydrogen) atoms. The molecule has 4 N–H and O–H groups in total. The van der Waals surface area contributed by atoms with E-state index in [0.717, 1.165) is 11.3 Å². The van der Waals surface area contributed by atoms with E-state index in [9.17, 15) is 23.4 Å². The summed E-state index contributed by atoms with van der Waals surface area (Å²) < 4.78 is 26.5. The average Bonchev–Trinajstić information content (AvgIpc) is 3.27. The van der Waals surface area contributed by atoms with Crippen molar-refractivity contribution < 1.29 is 23.4 Å². The molecular formula is C16H17Cl2N3O5S2. The Kier molecular flexibility index (Phi) is 6.37. The molecule has 1 fully saturated rings. The van der Waals surface area contributed by atoms with E-state index in [0.29, 0.717) is 12.8 Å². The highest BCUT2D eigenvalue weighted by atomic mass is 35.5. The molecule has 0 radical (unpaired) electrons. The summed E-state index contributed by atoms with van der Waals surface area (Å²) in [6, 6.07) is 3.46. The number of anilines is 2. The van der Waals surface area contributed by atoms with Gasteiger partial charge in [0.15, 0.2) is 9.96 Å². The highest BCUT2D eigenvalue weighted by Crippen LogP contribution is 2.41. The van der Waals surface area contributed by atoms with Gasteiger partial charge in [0.2, 0.25) is 0 Å². The third-order valence-corrected chi connectivity index (χ3v) is 8.52. The first-order valence-corrected chi connectivity index (χ1v) is 11.3. The molecule has 1 atom stereocenters. The van der Waals surface area contributed by atoms with Gasteiger partial charge in [-0.15, -0.1) is 11.3 Å². The SMILES string of the molecule is O=C(Nc1csc(S(=O)(=O)N2CCC[C@@H]2CO)c1O)Nc1cccc(Cl)c1Cl. The van der Waals surface area contributed by atoms with Crippen molar-refractivity contribution in [2.24, 2.45) is 0 Å². The molecule has 0 aliphatic carbocycles. The van der Waals surface area contributed by atoms with E-state index in [-0.39, 0.29) is 38.8 Å². The summed E-state index contributed by atoms with van der Waals surface area (Å²) >= 11 is 12.7. The molecular weight excluding hydrogens is 449 g/mol. The van der Waals surface area contributed by atoms with Crippen LogP contribution in [0.15, 0.2) is 27.8 Å². The predicted octanol–water partition coefficient (Wildman–Crippen LogP) is 3.55. The summed E-state index contributed by atoms with van der Waals surface area (Å²) in [5.41, 5.74) is 0.205. The van der Waals surface area contributed by atoms with Crippen LogP contribution in [0.3, 0.4) is 0 Å². The van der Waals surface area contributed by atoms with Crippen molar-refractivity contribution in [3.63, 3.8) is 0 Å². The van der Waals surface area contributed by atoms with E-state index in [1.54, 1.807) is 18.2 Å². The Balaban J connectivity index is 1.77. The number of nitrogens with one attached hydrogen (secondary N) is 2. The monoisotopic (exact) mass is 465 g/mol. The second-order valence-electron chi connectivity index (χ2n) is 6.06. The number of rotatable bonds is 5. The molecule has 1 saturated heterocycles. The first-order valence-electron chi connectivity index (χ1n) is 8.21. The Morgan fingerprint density at radius 1 is 1.29 bits per heavy atom. The fraction of sp³-hybridized carbons (Fsp3) is 0.312. The van der Waals surface area contributed by atoms with Crippen molar-refractivity contribution in [3.05, 3.63) is 33.6 Å². The van der Waals surface area contributed by atoms with E-state index in [2.05, 4.69) is 10.6 Å². The molecule has 2 aromatic rings. The highest BCUT2D eigenvalue weighted by molar-refractivity contribution is 7.91. The average molecular weight is 466 g/mol. The Bertz CT molecular complexity index is 996. The fourth-order valence-corrected chi connectivity index (χ4v) is 6.28. The van der Waals surface area contributed by atoms with Crippen LogP contribution >= 0.6 is 34.5 Å². The van der Waals surface area contributed by atoms with Crippen LogP contribution in [0.4, 0.5) is 16.2 Å². The number of thiophene rings is 1. The lowest BCUT2D eigenvalue weighted by Crippen LogP contribution is -2.37. The molecule has 3 rings (SSSR count). The Morgan fingerprint density at radius 3 is 2.71 bits per heavy atom. The van der Waals surface area contributed by atoms with E-state index in [1.807, 2.05) is 0 Å². The zero-order valence-electron chi connectivity index (χ0n) is 14.4. The van der Waals surface area contributed by atoms with Crippen molar-refractivity contribution >= 4 is 62.0 Å². The minimum atomic E-state index is -3.99. The number of aliphatic hydroxyl groups excluding tert-OH is 1. The predicted molar refractivity (Wildman–Crippen MR) is 109 cm³/mol. The number of hydrogen-bond acceptors (Lipinski definition) is 6. The van der Waals surface area contributed by atoms with Crippen molar-refractivity contribution in [2.75, 3.05) is 23.8 Å². The number of aliphatic hydroxyl groups is 1. The number of urea groups is 1. The van der Waals surface area contributed by atoms with Crippen LogP contribution in [0.2, 0.25) is 10.0 Å². The maximum atomic E-state index is 12.8. The van der Waals surface area contributed by atoms with Crippen LogP contribution in [0.25, 0.3) is 0 Å². The summed E-state index contributed by atoms with van der Waals surface area (Å²) in [6.07, 6.45) is 1.18. The van der Waals surface area contributed by atoms with E-state index in [4.69, 9.17) is 23.2 Å². The topological polar surface area (TPSA) is 119 Å². The van der Waals surface area contributed by atoms with Gasteiger partial charge >= 0.3 is 6.03 Å². The van der Waals surface area contributed by atoms with E-state index in [1.165, 1.54) is 9.69 Å². The molecule has 12 heteroatoms. The Labute approximate surface area is 175 Å². The second kappa shape index (κ2) is 8.44. The molecule has 2 heterocycles. The van der Waals surface area contributed by atoms with Crippen molar-refractivity contribution in [1.82, 2.24) is 4.31 Å². The first-order chi connectivity index (χ1) is 13.3. The molecule has 0 bridgehead atoms. The van der Waals surface area contributed by atoms with Crippen LogP contribution in [0, 0.1) is 0 Å². The number of hydrogen-bond donors (Lipinski definition) is 4. The molecule has 1 aromatic heterocycles. The molecule has 0 saturated carbocycles. The third-order valence-electron chi connectivity index (χ3n) is 4.26. The van der Waals surface area contributed by atoms with Crippen LogP contribution in [-0.4, -0.2) is 48.2 Å². The largest absolute Gasteiger partial charge is 0.504 e. The number of nitrogens with zero attached hydrogens (tertiary/aromatic N) is 1. The maximum absolute atomic E-state index is 12.8. The lowest BCUT2D eigenvalue weighted by molar-refractivity contribution is 0.213. The second-order valence-corrected chi connectivity index (χ2v) is 9.81. The minimum Gasteiger partial charge on any atom is -0.504 e. The zero-order valence-corrected chi connectivity index (χ0v) is 17.5. The summed E-state index contributed by atoms with van der Waals surface area (Å²) in [5.74, 6) is -0.555. The van der Waals surface area contributed by atoms with Gasteiger partial charge in [-0.3, -0.25) is 0 Å². The van der Waals surface area contributed by atoms with Gasteiger partial charge in [0.1, 0.15) is 0 Å². The summed E-state index contributed by atoms with van der Waals surface area (Å²) in [6.45, 7) is -0.0271. The van der Waals surface area contributed by atoms with Gasteiger partial charge in [0.25, 0.3) is 10.0 Å². The Morgan fingerprint density at radius 2 is 2.00 bits per heavy atom. The summed E-state index contributed by atoms with van der Waals surface area (Å²) in [7, 11) is -3.99. The van der Waals surface area contributed by atoms with Crippen molar-refractivity contribution in [2.45, 2.75) is 23.1 Å². The number of halogens is 2. The van der Waals surface area contributed by atoms with Gasteiger partial charge in [-0.1, -0.05) is 29.3 Å². The fourth-order valence-electron chi connectivity index (χ4n) is 2.90. The zero-order chi connectivity index (χ0) is 20.5. The van der Waals surface area contributed by atoms with Gasteiger partial charge in [-0.05, 0) is 25.0 Å². The Hall–Kier alpha value is -1.56. The van der Waals surface area contributed by atoms with Crippen LogP contribution in [-0.2, 0) is 10.0 Å².